The van der Waals surface area contributed by atoms with Crippen LogP contribution in [0.2, 0.25) is 0 Å². The van der Waals surface area contributed by atoms with Gasteiger partial charge in [-0.2, -0.15) is 0 Å². The number of anilines is 2. The lowest BCUT2D eigenvalue weighted by atomic mass is 10.1. The van der Waals surface area contributed by atoms with Gasteiger partial charge < -0.3 is 14.4 Å². The average molecular weight is 391 g/mol. The molecule has 2 aromatic rings. The van der Waals surface area contributed by atoms with Crippen molar-refractivity contribution in [3.63, 3.8) is 0 Å². The fourth-order valence-corrected chi connectivity index (χ4v) is 4.53. The predicted octanol–water partition coefficient (Wildman–Crippen LogP) is 3.42. The number of aryl methyl sites for hydroxylation is 1. The van der Waals surface area contributed by atoms with Gasteiger partial charge in [0.25, 0.3) is 10.0 Å². The number of rotatable bonds is 5. The molecule has 0 amide bonds. The zero-order chi connectivity index (χ0) is 19.6. The summed E-state index contributed by atoms with van der Waals surface area (Å²) >= 11 is 0. The van der Waals surface area contributed by atoms with Crippen LogP contribution in [0.1, 0.15) is 19.4 Å². The van der Waals surface area contributed by atoms with Gasteiger partial charge in [0.1, 0.15) is 5.75 Å². The number of hydrogen-bond donors (Lipinski definition) is 1. The number of sulfonamides is 1. The van der Waals surface area contributed by atoms with Gasteiger partial charge in [0.05, 0.1) is 24.7 Å². The molecule has 2 atom stereocenters. The topological polar surface area (TPSA) is 67.9 Å². The van der Waals surface area contributed by atoms with Crippen molar-refractivity contribution < 1.29 is 17.9 Å². The lowest BCUT2D eigenvalue weighted by Gasteiger charge is -2.38. The summed E-state index contributed by atoms with van der Waals surface area (Å²) in [5, 5.41) is 0. The molecule has 1 saturated heterocycles. The first kappa shape index (κ1) is 19.5. The lowest BCUT2D eigenvalue weighted by molar-refractivity contribution is 0.0344. The highest BCUT2D eigenvalue weighted by molar-refractivity contribution is 7.92. The summed E-state index contributed by atoms with van der Waals surface area (Å²) in [4.78, 5) is 2.52. The van der Waals surface area contributed by atoms with E-state index >= 15 is 0 Å². The molecule has 1 N–H and O–H groups in total. The van der Waals surface area contributed by atoms with E-state index in [1.54, 1.807) is 44.4 Å². The van der Waals surface area contributed by atoms with E-state index in [1.807, 2.05) is 12.1 Å². The van der Waals surface area contributed by atoms with Gasteiger partial charge in [0, 0.05) is 24.0 Å². The van der Waals surface area contributed by atoms with Crippen LogP contribution in [0.4, 0.5) is 11.4 Å². The van der Waals surface area contributed by atoms with Crippen LogP contribution in [0.25, 0.3) is 0 Å². The number of methoxy groups -OCH3 is 1. The quantitative estimate of drug-likeness (QED) is 0.847. The van der Waals surface area contributed by atoms with Gasteiger partial charge in [-0.05, 0) is 68.8 Å². The molecule has 146 valence electrons. The molecule has 1 aliphatic rings. The molecule has 6 nitrogen and oxygen atoms in total. The standard InChI is InChI=1S/C20H26N2O4S/c1-14-11-19(25-4)9-10-20(14)27(23,24)21-17-5-7-18(8-6-17)22-12-16(3)26-13-15(22)2/h5-11,15-16,21H,12-13H2,1-4H3. The van der Waals surface area contributed by atoms with Crippen LogP contribution >= 0.6 is 0 Å². The molecule has 0 bridgehead atoms. The molecular formula is C20H26N2O4S. The van der Waals surface area contributed by atoms with Gasteiger partial charge in [-0.25, -0.2) is 8.42 Å². The zero-order valence-corrected chi connectivity index (χ0v) is 16.9. The highest BCUT2D eigenvalue weighted by Gasteiger charge is 2.24. The Morgan fingerprint density at radius 2 is 1.85 bits per heavy atom. The maximum absolute atomic E-state index is 12.7. The van der Waals surface area contributed by atoms with Gasteiger partial charge in [-0.3, -0.25) is 4.72 Å². The van der Waals surface area contributed by atoms with Crippen LogP contribution < -0.4 is 14.4 Å². The molecule has 0 radical (unpaired) electrons. The summed E-state index contributed by atoms with van der Waals surface area (Å²) in [5.41, 5.74) is 2.22. The van der Waals surface area contributed by atoms with E-state index in [1.165, 1.54) is 0 Å². The number of nitrogens with one attached hydrogen (secondary N) is 1. The molecular weight excluding hydrogens is 364 g/mol. The number of benzene rings is 2. The largest absolute Gasteiger partial charge is 0.497 e. The second-order valence-corrected chi connectivity index (χ2v) is 8.58. The summed E-state index contributed by atoms with van der Waals surface area (Å²) in [5.74, 6) is 0.629. The SMILES string of the molecule is COc1ccc(S(=O)(=O)Nc2ccc(N3CC(C)OCC3C)cc2)c(C)c1. The normalized spacial score (nSPS) is 20.4. The first-order valence-electron chi connectivity index (χ1n) is 8.96. The molecule has 1 aliphatic heterocycles. The van der Waals surface area contributed by atoms with Crippen LogP contribution in [0.15, 0.2) is 47.4 Å². The molecule has 0 spiro atoms. The van der Waals surface area contributed by atoms with Gasteiger partial charge >= 0.3 is 0 Å². The monoisotopic (exact) mass is 390 g/mol. The molecule has 1 fully saturated rings. The smallest absolute Gasteiger partial charge is 0.262 e. The summed E-state index contributed by atoms with van der Waals surface area (Å²) in [6.45, 7) is 7.43. The van der Waals surface area contributed by atoms with Crippen molar-refractivity contribution in [2.75, 3.05) is 29.9 Å². The Morgan fingerprint density at radius 1 is 1.15 bits per heavy atom. The Labute approximate surface area is 161 Å². The second-order valence-electron chi connectivity index (χ2n) is 6.93. The first-order chi connectivity index (χ1) is 12.8. The van der Waals surface area contributed by atoms with Crippen molar-refractivity contribution in [3.05, 3.63) is 48.0 Å². The maximum atomic E-state index is 12.7. The highest BCUT2D eigenvalue weighted by Crippen LogP contribution is 2.26. The molecule has 0 aliphatic carbocycles. The average Bonchev–Trinajstić information content (AvgIpc) is 2.63. The Hall–Kier alpha value is -2.25. The van der Waals surface area contributed by atoms with Crippen LogP contribution in [-0.4, -0.2) is 40.8 Å². The Bertz CT molecular complexity index is 897. The molecule has 7 heteroatoms. The summed E-state index contributed by atoms with van der Waals surface area (Å²) in [6.07, 6.45) is 0.178. The van der Waals surface area contributed by atoms with E-state index in [4.69, 9.17) is 9.47 Å². The second kappa shape index (κ2) is 7.78. The minimum absolute atomic E-state index is 0.178. The Balaban J connectivity index is 1.78. The van der Waals surface area contributed by atoms with Crippen molar-refractivity contribution in [1.29, 1.82) is 0 Å². The van der Waals surface area contributed by atoms with Crippen LogP contribution in [0, 0.1) is 6.92 Å². The van der Waals surface area contributed by atoms with E-state index in [0.29, 0.717) is 23.6 Å². The van der Waals surface area contributed by atoms with E-state index < -0.39 is 10.0 Å². The number of nitrogens with zero attached hydrogens (tertiary/aromatic N) is 1. The van der Waals surface area contributed by atoms with Gasteiger partial charge in [-0.1, -0.05) is 0 Å². The zero-order valence-electron chi connectivity index (χ0n) is 16.1. The molecule has 3 rings (SSSR count). The van der Waals surface area contributed by atoms with Crippen molar-refractivity contribution in [3.8, 4) is 5.75 Å². The third-order valence-electron chi connectivity index (χ3n) is 4.73. The lowest BCUT2D eigenvalue weighted by Crippen LogP contribution is -2.47. The number of morpholine rings is 1. The molecule has 2 aromatic carbocycles. The van der Waals surface area contributed by atoms with E-state index in [-0.39, 0.29) is 17.0 Å². The maximum Gasteiger partial charge on any atom is 0.262 e. The predicted molar refractivity (Wildman–Crippen MR) is 107 cm³/mol. The van der Waals surface area contributed by atoms with Crippen molar-refractivity contribution in [2.24, 2.45) is 0 Å². The fraction of sp³-hybridized carbons (Fsp3) is 0.400. The molecule has 0 saturated carbocycles. The van der Waals surface area contributed by atoms with Crippen molar-refractivity contribution in [1.82, 2.24) is 0 Å². The minimum Gasteiger partial charge on any atom is -0.497 e. The van der Waals surface area contributed by atoms with E-state index in [0.717, 1.165) is 12.2 Å². The Kier molecular flexibility index (Phi) is 5.62. The molecule has 27 heavy (non-hydrogen) atoms. The fourth-order valence-electron chi connectivity index (χ4n) is 3.24. The number of ether oxygens (including phenoxy) is 2. The van der Waals surface area contributed by atoms with E-state index in [2.05, 4.69) is 23.5 Å². The van der Waals surface area contributed by atoms with Crippen LogP contribution in [0.3, 0.4) is 0 Å². The van der Waals surface area contributed by atoms with Gasteiger partial charge in [0.15, 0.2) is 0 Å². The van der Waals surface area contributed by atoms with Gasteiger partial charge in [0.2, 0.25) is 0 Å². The highest BCUT2D eigenvalue weighted by atomic mass is 32.2. The summed E-state index contributed by atoms with van der Waals surface area (Å²) in [6, 6.07) is 12.6. The van der Waals surface area contributed by atoms with Crippen molar-refractivity contribution >= 4 is 21.4 Å². The van der Waals surface area contributed by atoms with E-state index in [9.17, 15) is 8.42 Å². The summed E-state index contributed by atoms with van der Waals surface area (Å²) < 4.78 is 38.9. The molecule has 0 aromatic heterocycles. The van der Waals surface area contributed by atoms with Crippen LogP contribution in [-0.2, 0) is 14.8 Å². The van der Waals surface area contributed by atoms with Crippen LogP contribution in [0.5, 0.6) is 5.75 Å². The Morgan fingerprint density at radius 3 is 2.48 bits per heavy atom. The van der Waals surface area contributed by atoms with Gasteiger partial charge in [-0.15, -0.1) is 0 Å². The third-order valence-corrected chi connectivity index (χ3v) is 6.27. The first-order valence-corrected chi connectivity index (χ1v) is 10.4. The minimum atomic E-state index is -3.67. The number of hydrogen-bond acceptors (Lipinski definition) is 5. The van der Waals surface area contributed by atoms with Crippen molar-refractivity contribution in [2.45, 2.75) is 37.8 Å². The molecule has 1 heterocycles. The third kappa shape index (κ3) is 4.36. The molecule has 2 unspecified atom stereocenters. The summed E-state index contributed by atoms with van der Waals surface area (Å²) in [7, 11) is -2.11.